The first kappa shape index (κ1) is 32.9. The van der Waals surface area contributed by atoms with E-state index in [0.717, 1.165) is 64.8 Å². The number of hydrogen-bond acceptors (Lipinski definition) is 0. The van der Waals surface area contributed by atoms with Crippen molar-refractivity contribution in [1.82, 2.24) is 0 Å². The molecular formula is C43H50N5+5. The molecule has 5 aromatic heterocycles. The van der Waals surface area contributed by atoms with E-state index in [1.54, 1.807) is 0 Å². The van der Waals surface area contributed by atoms with E-state index in [0.29, 0.717) is 0 Å². The van der Waals surface area contributed by atoms with Gasteiger partial charge in [-0.2, -0.15) is 22.8 Å². The standard InChI is InChI=1S/C43H50N5/c1-3-37-21-5-6-22-38(37)39-23-7-13-29-45(39)33-17-18-35-47-31-15-10-26-42(47)43-27-11-16-32-48(43)36-20-19-34-46-30-14-9-25-41(46)40-24-8-12-28-44(40)4-2/h5-16,21-32H,3-4,17-20,33-36H2,1-2H3/q+5. The van der Waals surface area contributed by atoms with Gasteiger partial charge >= 0.3 is 0 Å². The summed E-state index contributed by atoms with van der Waals surface area (Å²) in [5.74, 6) is 0. The molecule has 0 unspecified atom stereocenters. The van der Waals surface area contributed by atoms with Gasteiger partial charge in [-0.15, -0.1) is 0 Å². The van der Waals surface area contributed by atoms with Gasteiger partial charge in [0, 0.05) is 91.9 Å². The van der Waals surface area contributed by atoms with Crippen molar-refractivity contribution in [2.24, 2.45) is 0 Å². The molecule has 5 nitrogen and oxygen atoms in total. The zero-order valence-corrected chi connectivity index (χ0v) is 28.7. The fourth-order valence-corrected chi connectivity index (χ4v) is 6.82. The second-order valence-corrected chi connectivity index (χ2v) is 12.4. The Bertz CT molecular complexity index is 1790. The first-order valence-corrected chi connectivity index (χ1v) is 17.8. The molecule has 48 heavy (non-hydrogen) atoms. The SMILES string of the molecule is CCc1ccccc1-c1cccc[n+]1CCCC[n+]1ccccc1-c1cccc[n+]1CCCC[n+]1ccccc1-c1cccc[n+]1CC. The molecule has 0 aliphatic rings. The Hall–Kier alpha value is -5.03. The van der Waals surface area contributed by atoms with Gasteiger partial charge in [0.2, 0.25) is 5.69 Å². The lowest BCUT2D eigenvalue weighted by Crippen LogP contribution is -2.44. The first-order chi connectivity index (χ1) is 23.8. The molecule has 0 fully saturated rings. The number of benzene rings is 1. The number of hydrogen-bond donors (Lipinski definition) is 0. The van der Waals surface area contributed by atoms with Crippen LogP contribution < -0.4 is 22.8 Å². The van der Waals surface area contributed by atoms with Crippen LogP contribution >= 0.6 is 0 Å². The van der Waals surface area contributed by atoms with Gasteiger partial charge in [-0.1, -0.05) is 25.1 Å². The van der Waals surface area contributed by atoms with Gasteiger partial charge in [-0.25, -0.2) is 0 Å². The third-order valence-electron chi connectivity index (χ3n) is 9.34. The summed E-state index contributed by atoms with van der Waals surface area (Å²) < 4.78 is 12.0. The molecule has 0 aliphatic carbocycles. The lowest BCUT2D eigenvalue weighted by molar-refractivity contribution is -0.721. The second-order valence-electron chi connectivity index (χ2n) is 12.4. The van der Waals surface area contributed by atoms with Crippen LogP contribution in [0.3, 0.4) is 0 Å². The topological polar surface area (TPSA) is 19.4 Å². The average Bonchev–Trinajstić information content (AvgIpc) is 3.16. The molecule has 0 aliphatic heterocycles. The average molecular weight is 637 g/mol. The summed E-state index contributed by atoms with van der Waals surface area (Å²) in [7, 11) is 0. The fourth-order valence-electron chi connectivity index (χ4n) is 6.82. The quantitative estimate of drug-likeness (QED) is 0.0887. The number of aryl methyl sites for hydroxylation is 6. The smallest absolute Gasteiger partial charge is 0.198 e. The minimum atomic E-state index is 0.957. The van der Waals surface area contributed by atoms with Crippen LogP contribution in [0.5, 0.6) is 0 Å². The van der Waals surface area contributed by atoms with Crippen molar-refractivity contribution >= 4 is 0 Å². The molecule has 6 aromatic rings. The number of pyridine rings is 5. The van der Waals surface area contributed by atoms with E-state index in [1.807, 2.05) is 0 Å². The monoisotopic (exact) mass is 636 g/mol. The van der Waals surface area contributed by atoms with Crippen LogP contribution in [0.4, 0.5) is 0 Å². The molecule has 0 saturated heterocycles. The van der Waals surface area contributed by atoms with Gasteiger partial charge in [0.25, 0.3) is 22.8 Å². The molecule has 242 valence electrons. The van der Waals surface area contributed by atoms with E-state index in [4.69, 9.17) is 0 Å². The Kier molecular flexibility index (Phi) is 11.4. The highest BCUT2D eigenvalue weighted by Gasteiger charge is 2.24. The maximum Gasteiger partial charge on any atom is 0.277 e. The van der Waals surface area contributed by atoms with Gasteiger partial charge in [0.05, 0.1) is 0 Å². The van der Waals surface area contributed by atoms with Crippen LogP contribution in [-0.4, -0.2) is 0 Å². The van der Waals surface area contributed by atoms with Crippen LogP contribution in [-0.2, 0) is 39.1 Å². The third kappa shape index (κ3) is 7.91. The summed E-state index contributed by atoms with van der Waals surface area (Å²) in [6.07, 6.45) is 16.6. The molecule has 0 atom stereocenters. The minimum absolute atomic E-state index is 0.957. The van der Waals surface area contributed by atoms with E-state index >= 15 is 0 Å². The lowest BCUT2D eigenvalue weighted by atomic mass is 10.0. The third-order valence-corrected chi connectivity index (χ3v) is 9.34. The second kappa shape index (κ2) is 16.7. The predicted molar refractivity (Wildman–Crippen MR) is 190 cm³/mol. The predicted octanol–water partition coefficient (Wildman–Crippen LogP) is 6.67. The molecule has 0 saturated carbocycles. The van der Waals surface area contributed by atoms with Crippen LogP contribution in [0.2, 0.25) is 0 Å². The Balaban J connectivity index is 1.09. The van der Waals surface area contributed by atoms with Gasteiger partial charge in [0.1, 0.15) is 32.7 Å². The van der Waals surface area contributed by atoms with Crippen molar-refractivity contribution in [1.29, 1.82) is 0 Å². The van der Waals surface area contributed by atoms with Crippen LogP contribution in [0.15, 0.2) is 146 Å². The highest BCUT2D eigenvalue weighted by molar-refractivity contribution is 5.61. The lowest BCUT2D eigenvalue weighted by Gasteiger charge is -2.08. The van der Waals surface area contributed by atoms with E-state index in [-0.39, 0.29) is 0 Å². The van der Waals surface area contributed by atoms with Crippen molar-refractivity contribution < 1.29 is 22.8 Å². The molecular weight excluding hydrogens is 587 g/mol. The maximum absolute atomic E-state index is 2.43. The fraction of sp³-hybridized carbons (Fsp3) is 0.279. The number of unbranched alkanes of at least 4 members (excludes halogenated alkanes) is 2. The van der Waals surface area contributed by atoms with Gasteiger partial charge in [-0.3, -0.25) is 0 Å². The summed E-state index contributed by atoms with van der Waals surface area (Å²) in [6.45, 7) is 9.38. The number of aromatic nitrogens is 5. The largest absolute Gasteiger partial charge is 0.277 e. The summed E-state index contributed by atoms with van der Waals surface area (Å²) in [6, 6.07) is 41.6. The highest BCUT2D eigenvalue weighted by atomic mass is 15.0. The zero-order valence-electron chi connectivity index (χ0n) is 28.7. The van der Waals surface area contributed by atoms with E-state index in [2.05, 4.69) is 183 Å². The van der Waals surface area contributed by atoms with Crippen LogP contribution in [0, 0.1) is 0 Å². The van der Waals surface area contributed by atoms with Crippen molar-refractivity contribution in [3.8, 4) is 34.0 Å². The van der Waals surface area contributed by atoms with Crippen molar-refractivity contribution in [3.63, 3.8) is 0 Å². The summed E-state index contributed by atoms with van der Waals surface area (Å²) in [5.41, 5.74) is 9.13. The summed E-state index contributed by atoms with van der Waals surface area (Å²) >= 11 is 0. The molecule has 5 heteroatoms. The van der Waals surface area contributed by atoms with E-state index < -0.39 is 0 Å². The molecule has 1 aromatic carbocycles. The zero-order chi connectivity index (χ0) is 33.0. The highest BCUT2D eigenvalue weighted by Crippen LogP contribution is 2.21. The Morgan fingerprint density at radius 3 is 1.10 bits per heavy atom. The molecule has 0 bridgehead atoms. The summed E-state index contributed by atoms with van der Waals surface area (Å²) in [5, 5.41) is 0. The molecule has 0 N–H and O–H groups in total. The first-order valence-electron chi connectivity index (χ1n) is 17.8. The van der Waals surface area contributed by atoms with Crippen molar-refractivity contribution in [2.75, 3.05) is 0 Å². The van der Waals surface area contributed by atoms with Gasteiger partial charge in [0.15, 0.2) is 31.0 Å². The van der Waals surface area contributed by atoms with Crippen LogP contribution in [0.1, 0.15) is 45.1 Å². The normalized spacial score (nSPS) is 11.1. The van der Waals surface area contributed by atoms with E-state index in [9.17, 15) is 0 Å². The van der Waals surface area contributed by atoms with Crippen molar-refractivity contribution in [2.45, 2.75) is 78.7 Å². The molecule has 6 rings (SSSR count). The molecule has 0 radical (unpaired) electrons. The molecule has 0 spiro atoms. The Labute approximate surface area is 286 Å². The number of nitrogens with zero attached hydrogens (tertiary/aromatic N) is 5. The Morgan fingerprint density at radius 2 is 0.688 bits per heavy atom. The Morgan fingerprint density at radius 1 is 0.354 bits per heavy atom. The van der Waals surface area contributed by atoms with Gasteiger partial charge in [-0.05, 0) is 55.3 Å². The van der Waals surface area contributed by atoms with E-state index in [1.165, 1.54) is 39.6 Å². The molecule has 5 heterocycles. The number of rotatable bonds is 15. The maximum atomic E-state index is 2.43. The minimum Gasteiger partial charge on any atom is -0.198 e. The van der Waals surface area contributed by atoms with Crippen molar-refractivity contribution in [3.05, 3.63) is 152 Å². The van der Waals surface area contributed by atoms with Gasteiger partial charge < -0.3 is 0 Å². The summed E-state index contributed by atoms with van der Waals surface area (Å²) in [4.78, 5) is 0. The van der Waals surface area contributed by atoms with Crippen LogP contribution in [0.25, 0.3) is 34.0 Å². The molecule has 0 amide bonds.